The van der Waals surface area contributed by atoms with Gasteiger partial charge in [-0.05, 0) is 24.3 Å². The van der Waals surface area contributed by atoms with E-state index in [1.54, 1.807) is 24.3 Å². The van der Waals surface area contributed by atoms with Crippen molar-refractivity contribution in [2.45, 2.75) is 12.6 Å². The van der Waals surface area contributed by atoms with Crippen molar-refractivity contribution in [3.05, 3.63) is 57.5 Å². The Morgan fingerprint density at radius 3 is 2.70 bits per heavy atom. The summed E-state index contributed by atoms with van der Waals surface area (Å²) in [5, 5.41) is 10.0. The number of rotatable bonds is 2. The topological polar surface area (TPSA) is 57.2 Å². The van der Waals surface area contributed by atoms with Gasteiger partial charge >= 0.3 is 0 Å². The van der Waals surface area contributed by atoms with Gasteiger partial charge in [-0.1, -0.05) is 23.2 Å². The molecule has 1 aliphatic rings. The lowest BCUT2D eigenvalue weighted by atomic mass is 10.1. The number of halogens is 2. The first kappa shape index (κ1) is 13.0. The second-order valence-electron chi connectivity index (χ2n) is 4.36. The zero-order chi connectivity index (χ0) is 14.3. The molecule has 2 heterocycles. The molecule has 0 saturated heterocycles. The number of hydrogen-bond donors (Lipinski definition) is 0. The van der Waals surface area contributed by atoms with Crippen LogP contribution in [0.15, 0.2) is 34.9 Å². The first-order chi connectivity index (χ1) is 9.63. The minimum absolute atomic E-state index is 0.200. The zero-order valence-electron chi connectivity index (χ0n) is 10.1. The average molecular weight is 307 g/mol. The molecular weight excluding hydrogens is 299 g/mol. The number of carbonyl (C=O) groups is 1. The van der Waals surface area contributed by atoms with E-state index >= 15 is 0 Å². The fraction of sp³-hybridized carbons (Fsp3) is 0.143. The summed E-state index contributed by atoms with van der Waals surface area (Å²) >= 11 is 12.2. The van der Waals surface area contributed by atoms with Crippen LogP contribution in [0.25, 0.3) is 0 Å². The summed E-state index contributed by atoms with van der Waals surface area (Å²) in [6.07, 6.45) is 1.52. The molecule has 100 valence electrons. The van der Waals surface area contributed by atoms with Gasteiger partial charge in [-0.25, -0.2) is 0 Å². The smallest absolute Gasteiger partial charge is 0.257 e. The molecule has 1 unspecified atom stereocenters. The van der Waals surface area contributed by atoms with Crippen LogP contribution in [0.3, 0.4) is 0 Å². The standard InChI is InChI=1S/C14H8Cl2N2O2/c15-9-3-4-10(16)13-12(9)11(6-17)18(14(13)19)7-8-2-1-5-20-8/h1-5,11H,7H2. The second-order valence-corrected chi connectivity index (χ2v) is 5.18. The van der Waals surface area contributed by atoms with Gasteiger partial charge in [0.1, 0.15) is 11.8 Å². The molecule has 1 atom stereocenters. The average Bonchev–Trinajstić information content (AvgIpc) is 3.03. The normalized spacial score (nSPS) is 17.1. The molecule has 0 radical (unpaired) electrons. The molecular formula is C14H8Cl2N2O2. The van der Waals surface area contributed by atoms with Crippen molar-refractivity contribution < 1.29 is 9.21 Å². The van der Waals surface area contributed by atoms with Crippen LogP contribution in [0.2, 0.25) is 10.0 Å². The summed E-state index contributed by atoms with van der Waals surface area (Å²) in [5.41, 5.74) is 0.774. The molecule has 1 aromatic carbocycles. The van der Waals surface area contributed by atoms with Crippen molar-refractivity contribution in [1.29, 1.82) is 5.26 Å². The van der Waals surface area contributed by atoms with Crippen LogP contribution in [-0.4, -0.2) is 10.8 Å². The highest BCUT2D eigenvalue weighted by molar-refractivity contribution is 6.37. The zero-order valence-corrected chi connectivity index (χ0v) is 11.6. The van der Waals surface area contributed by atoms with Crippen LogP contribution >= 0.6 is 23.2 Å². The Balaban J connectivity index is 2.08. The first-order valence-corrected chi connectivity index (χ1v) is 6.60. The van der Waals surface area contributed by atoms with Gasteiger partial charge in [0.15, 0.2) is 0 Å². The van der Waals surface area contributed by atoms with Crippen molar-refractivity contribution >= 4 is 29.1 Å². The predicted molar refractivity (Wildman–Crippen MR) is 73.4 cm³/mol. The van der Waals surface area contributed by atoms with Gasteiger partial charge in [0.25, 0.3) is 5.91 Å². The number of amides is 1. The van der Waals surface area contributed by atoms with Crippen molar-refractivity contribution in [2.75, 3.05) is 0 Å². The lowest BCUT2D eigenvalue weighted by molar-refractivity contribution is 0.0732. The Morgan fingerprint density at radius 2 is 2.05 bits per heavy atom. The number of hydrogen-bond acceptors (Lipinski definition) is 3. The largest absolute Gasteiger partial charge is 0.467 e. The van der Waals surface area contributed by atoms with Gasteiger partial charge < -0.3 is 9.32 Å². The molecule has 0 aliphatic carbocycles. The quantitative estimate of drug-likeness (QED) is 0.847. The molecule has 1 amide bonds. The number of carbonyl (C=O) groups excluding carboxylic acids is 1. The molecule has 0 N–H and O–H groups in total. The Bertz CT molecular complexity index is 720. The van der Waals surface area contributed by atoms with Gasteiger partial charge in [-0.15, -0.1) is 0 Å². The summed E-state index contributed by atoms with van der Waals surface area (Å²) in [4.78, 5) is 13.9. The maximum absolute atomic E-state index is 12.5. The Morgan fingerprint density at radius 1 is 1.30 bits per heavy atom. The van der Waals surface area contributed by atoms with Gasteiger partial charge in [0, 0.05) is 10.6 Å². The molecule has 0 saturated carbocycles. The van der Waals surface area contributed by atoms with E-state index in [0.717, 1.165) is 0 Å². The number of benzene rings is 1. The second kappa shape index (κ2) is 4.86. The van der Waals surface area contributed by atoms with Gasteiger partial charge in [-0.2, -0.15) is 5.26 Å². The van der Waals surface area contributed by atoms with Gasteiger partial charge in [0.05, 0.1) is 29.5 Å². The first-order valence-electron chi connectivity index (χ1n) is 5.84. The Hall–Kier alpha value is -1.96. The van der Waals surface area contributed by atoms with Gasteiger partial charge in [0.2, 0.25) is 0 Å². The van der Waals surface area contributed by atoms with Crippen LogP contribution in [-0.2, 0) is 6.54 Å². The van der Waals surface area contributed by atoms with E-state index in [2.05, 4.69) is 6.07 Å². The summed E-state index contributed by atoms with van der Waals surface area (Å²) in [5.74, 6) is 0.286. The highest BCUT2D eigenvalue weighted by Gasteiger charge is 2.40. The SMILES string of the molecule is N#CC1c2c(Cl)ccc(Cl)c2C(=O)N1Cc1ccco1. The molecule has 20 heavy (non-hydrogen) atoms. The van der Waals surface area contributed by atoms with E-state index in [1.165, 1.54) is 11.2 Å². The summed E-state index contributed by atoms with van der Waals surface area (Å²) in [6.45, 7) is 0.200. The minimum atomic E-state index is -0.756. The number of nitriles is 1. The van der Waals surface area contributed by atoms with Crippen LogP contribution in [0.4, 0.5) is 0 Å². The maximum atomic E-state index is 12.5. The highest BCUT2D eigenvalue weighted by atomic mass is 35.5. The van der Waals surface area contributed by atoms with Crippen LogP contribution < -0.4 is 0 Å². The molecule has 1 aliphatic heterocycles. The molecule has 0 bridgehead atoms. The third-order valence-electron chi connectivity index (χ3n) is 3.23. The molecule has 4 nitrogen and oxygen atoms in total. The van der Waals surface area contributed by atoms with Crippen molar-refractivity contribution in [3.8, 4) is 6.07 Å². The predicted octanol–water partition coefficient (Wildman–Crippen LogP) is 3.81. The van der Waals surface area contributed by atoms with Crippen molar-refractivity contribution in [1.82, 2.24) is 4.90 Å². The van der Waals surface area contributed by atoms with Crippen molar-refractivity contribution in [3.63, 3.8) is 0 Å². The molecule has 3 rings (SSSR count). The fourth-order valence-corrected chi connectivity index (χ4v) is 2.84. The molecule has 6 heteroatoms. The van der Waals surface area contributed by atoms with Crippen LogP contribution in [0, 0.1) is 11.3 Å². The number of furan rings is 1. The summed E-state index contributed by atoms with van der Waals surface area (Å²) < 4.78 is 5.23. The minimum Gasteiger partial charge on any atom is -0.467 e. The Kier molecular flexibility index (Phi) is 3.17. The third-order valence-corrected chi connectivity index (χ3v) is 3.87. The molecule has 2 aromatic rings. The van der Waals surface area contributed by atoms with Crippen LogP contribution in [0.1, 0.15) is 27.7 Å². The molecule has 0 fully saturated rings. The van der Waals surface area contributed by atoms with Crippen LogP contribution in [0.5, 0.6) is 0 Å². The molecule has 1 aromatic heterocycles. The van der Waals surface area contributed by atoms with Gasteiger partial charge in [-0.3, -0.25) is 4.79 Å². The van der Waals surface area contributed by atoms with Crippen molar-refractivity contribution in [2.24, 2.45) is 0 Å². The maximum Gasteiger partial charge on any atom is 0.257 e. The Labute approximate surface area is 125 Å². The summed E-state index contributed by atoms with van der Waals surface area (Å²) in [6, 6.07) is 7.97. The molecule has 0 spiro atoms. The highest BCUT2D eigenvalue weighted by Crippen LogP contribution is 2.41. The lowest BCUT2D eigenvalue weighted by Gasteiger charge is -2.18. The number of fused-ring (bicyclic) bond motifs is 1. The fourth-order valence-electron chi connectivity index (χ4n) is 2.34. The van der Waals surface area contributed by atoms with E-state index in [9.17, 15) is 10.1 Å². The van der Waals surface area contributed by atoms with E-state index in [4.69, 9.17) is 27.6 Å². The van der Waals surface area contributed by atoms with E-state index < -0.39 is 6.04 Å². The van der Waals surface area contributed by atoms with E-state index in [-0.39, 0.29) is 12.5 Å². The third kappa shape index (κ3) is 1.87. The van der Waals surface area contributed by atoms with E-state index in [0.29, 0.717) is 26.9 Å². The lowest BCUT2D eigenvalue weighted by Crippen LogP contribution is -2.26. The number of nitrogens with zero attached hydrogens (tertiary/aromatic N) is 2. The summed E-state index contributed by atoms with van der Waals surface area (Å²) in [7, 11) is 0. The monoisotopic (exact) mass is 306 g/mol. The van der Waals surface area contributed by atoms with E-state index in [1.807, 2.05) is 0 Å².